The fourth-order valence-electron chi connectivity index (χ4n) is 4.49. The van der Waals surface area contributed by atoms with Crippen molar-refractivity contribution in [2.24, 2.45) is 0 Å². The molecule has 9 nitrogen and oxygen atoms in total. The summed E-state index contributed by atoms with van der Waals surface area (Å²) in [4.78, 5) is 42.5. The highest BCUT2D eigenvalue weighted by Gasteiger charge is 2.36. The summed E-state index contributed by atoms with van der Waals surface area (Å²) in [5.74, 6) is -3.86. The van der Waals surface area contributed by atoms with E-state index in [1.54, 1.807) is 17.5 Å². The Hall–Kier alpha value is -3.53. The van der Waals surface area contributed by atoms with Gasteiger partial charge in [-0.1, -0.05) is 30.0 Å². The van der Waals surface area contributed by atoms with Gasteiger partial charge in [0.2, 0.25) is 0 Å². The van der Waals surface area contributed by atoms with E-state index < -0.39 is 29.6 Å². The molecule has 0 saturated carbocycles. The summed E-state index contributed by atoms with van der Waals surface area (Å²) in [6.45, 7) is 3.39. The molecule has 2 aromatic carbocycles. The van der Waals surface area contributed by atoms with E-state index in [-0.39, 0.29) is 28.9 Å². The lowest BCUT2D eigenvalue weighted by Gasteiger charge is -2.28. The molecule has 0 aliphatic carbocycles. The van der Waals surface area contributed by atoms with Gasteiger partial charge >= 0.3 is 5.97 Å². The predicted octanol–water partition coefficient (Wildman–Crippen LogP) is 4.95. The first-order chi connectivity index (χ1) is 21.2. The van der Waals surface area contributed by atoms with E-state index >= 15 is 0 Å². The van der Waals surface area contributed by atoms with Crippen molar-refractivity contribution in [2.45, 2.75) is 6.10 Å². The van der Waals surface area contributed by atoms with Gasteiger partial charge in [0, 0.05) is 30.2 Å². The van der Waals surface area contributed by atoms with E-state index in [0.717, 1.165) is 37.0 Å². The van der Waals surface area contributed by atoms with E-state index in [1.165, 1.54) is 46.6 Å². The Labute approximate surface area is 265 Å². The molecule has 2 saturated heterocycles. The molecular weight excluding hydrogens is 633 g/mol. The molecule has 0 spiro atoms. The summed E-state index contributed by atoms with van der Waals surface area (Å²) in [7, 11) is 0. The van der Waals surface area contributed by atoms with Crippen LogP contribution in [0.3, 0.4) is 0 Å². The molecule has 3 heterocycles. The summed E-state index contributed by atoms with van der Waals surface area (Å²) < 4.78 is 38.7. The highest BCUT2D eigenvalue weighted by molar-refractivity contribution is 8.26. The van der Waals surface area contributed by atoms with Gasteiger partial charge in [-0.05, 0) is 65.0 Å². The Kier molecular flexibility index (Phi) is 10.5. The number of carboxylic acids is 1. The largest absolute Gasteiger partial charge is 0.478 e. The molecule has 0 radical (unpaired) electrons. The molecule has 2 aliphatic rings. The zero-order valence-corrected chi connectivity index (χ0v) is 25.6. The lowest BCUT2D eigenvalue weighted by atomic mass is 10.1. The van der Waals surface area contributed by atoms with Gasteiger partial charge < -0.3 is 19.9 Å². The number of thiophene rings is 1. The minimum atomic E-state index is -1.09. The summed E-state index contributed by atoms with van der Waals surface area (Å²) in [5, 5.41) is 13.7. The first-order valence-corrected chi connectivity index (χ1v) is 15.6. The van der Waals surface area contributed by atoms with Crippen molar-refractivity contribution in [1.82, 2.24) is 9.80 Å². The smallest absolute Gasteiger partial charge is 0.335 e. The maximum absolute atomic E-state index is 13.7. The van der Waals surface area contributed by atoms with Gasteiger partial charge in [0.1, 0.15) is 4.32 Å². The number of carbonyl (C=O) groups is 3. The minimum Gasteiger partial charge on any atom is -0.478 e. The lowest BCUT2D eigenvalue weighted by molar-refractivity contribution is -0.131. The number of carbonyl (C=O) groups excluding carboxylic acids is 2. The van der Waals surface area contributed by atoms with E-state index in [0.29, 0.717) is 46.4 Å². The topological polar surface area (TPSA) is 108 Å². The molecule has 44 heavy (non-hydrogen) atoms. The van der Waals surface area contributed by atoms with Gasteiger partial charge in [-0.25, -0.2) is 13.6 Å². The Morgan fingerprint density at radius 1 is 1.09 bits per heavy atom. The van der Waals surface area contributed by atoms with Crippen LogP contribution in [-0.2, 0) is 19.1 Å². The molecule has 1 unspecified atom stereocenters. The summed E-state index contributed by atoms with van der Waals surface area (Å²) in [6, 6.07) is 11.1. The van der Waals surface area contributed by atoms with E-state index in [2.05, 4.69) is 10.2 Å². The van der Waals surface area contributed by atoms with Gasteiger partial charge in [-0.3, -0.25) is 19.4 Å². The van der Waals surface area contributed by atoms with E-state index in [9.17, 15) is 23.2 Å². The number of nitrogens with one attached hydrogen (secondary N) is 1. The Balaban J connectivity index is 1.28. The number of ether oxygens (including phenoxy) is 2. The number of amides is 2. The van der Waals surface area contributed by atoms with Crippen LogP contribution in [0, 0.1) is 11.6 Å². The zero-order valence-electron chi connectivity index (χ0n) is 23.2. The van der Waals surface area contributed by atoms with Crippen LogP contribution in [0.25, 0.3) is 17.2 Å². The van der Waals surface area contributed by atoms with Gasteiger partial charge in [0.25, 0.3) is 11.8 Å². The SMILES string of the molecule is O=C(O)c1ccc(NC(=O)C(CN2C(=O)C(=Cc3cc(-c4ccc(F)c(F)c4)cs3)SC2=S)OCCN2CCOCC2)cc1. The van der Waals surface area contributed by atoms with Crippen molar-refractivity contribution in [3.63, 3.8) is 0 Å². The second-order valence-electron chi connectivity index (χ2n) is 9.84. The van der Waals surface area contributed by atoms with Crippen molar-refractivity contribution in [3.05, 3.63) is 80.9 Å². The van der Waals surface area contributed by atoms with E-state index in [1.807, 2.05) is 0 Å². The number of thioether (sulfide) groups is 1. The lowest BCUT2D eigenvalue weighted by Crippen LogP contribution is -2.45. The minimum absolute atomic E-state index is 0.0772. The highest BCUT2D eigenvalue weighted by atomic mass is 32.2. The maximum atomic E-state index is 13.7. The van der Waals surface area contributed by atoms with Gasteiger partial charge in [0.05, 0.1) is 36.8 Å². The number of hydrogen-bond donors (Lipinski definition) is 2. The third-order valence-electron chi connectivity index (χ3n) is 6.89. The van der Waals surface area contributed by atoms with Crippen molar-refractivity contribution in [2.75, 3.05) is 51.3 Å². The predicted molar refractivity (Wildman–Crippen MR) is 169 cm³/mol. The number of morpholine rings is 1. The molecule has 2 aliphatic heterocycles. The zero-order chi connectivity index (χ0) is 31.2. The third kappa shape index (κ3) is 7.94. The third-order valence-corrected chi connectivity index (χ3v) is 9.15. The number of carboxylic acid groups (broad SMARTS) is 1. The fraction of sp³-hybridized carbons (Fsp3) is 0.267. The van der Waals surface area contributed by atoms with E-state index in [4.69, 9.17) is 26.8 Å². The molecule has 230 valence electrons. The molecule has 0 bridgehead atoms. The van der Waals surface area contributed by atoms with Crippen molar-refractivity contribution in [1.29, 1.82) is 0 Å². The van der Waals surface area contributed by atoms with Crippen LogP contribution < -0.4 is 5.32 Å². The molecule has 2 fully saturated rings. The second-order valence-corrected chi connectivity index (χ2v) is 12.5. The molecule has 5 rings (SSSR count). The quantitative estimate of drug-likeness (QED) is 0.219. The van der Waals surface area contributed by atoms with Crippen LogP contribution in [0.5, 0.6) is 0 Å². The van der Waals surface area contributed by atoms with Gasteiger partial charge in [-0.2, -0.15) is 0 Å². The monoisotopic (exact) mass is 659 g/mol. The highest BCUT2D eigenvalue weighted by Crippen LogP contribution is 2.35. The standard InChI is InChI=1S/C30H27F2N3O6S3/c31-23-6-3-19(14-24(23)32)20-13-22(43-17-20)15-26-28(37)35(30(42)44-26)16-25(41-12-9-34-7-10-40-11-8-34)27(36)33-21-4-1-18(2-5-21)29(38)39/h1-6,13-15,17,25H,7-12,16H2,(H,33,36)(H,38,39). The number of anilines is 1. The number of hydrogen-bond acceptors (Lipinski definition) is 9. The number of thiocarbonyl (C=S) groups is 1. The Morgan fingerprint density at radius 3 is 2.55 bits per heavy atom. The summed E-state index contributed by atoms with van der Waals surface area (Å²) >= 11 is 7.93. The van der Waals surface area contributed by atoms with Gasteiger partial charge in [0.15, 0.2) is 17.7 Å². The Morgan fingerprint density at radius 2 is 1.84 bits per heavy atom. The van der Waals surface area contributed by atoms with Crippen LogP contribution in [0.1, 0.15) is 15.2 Å². The molecular formula is C30H27F2N3O6S3. The molecule has 1 atom stereocenters. The van der Waals surface area contributed by atoms with Gasteiger partial charge in [-0.15, -0.1) is 11.3 Å². The Bertz CT molecular complexity index is 1590. The summed E-state index contributed by atoms with van der Waals surface area (Å²) in [5.41, 5.74) is 1.64. The van der Waals surface area contributed by atoms with Crippen molar-refractivity contribution >= 4 is 69.2 Å². The number of aromatic carboxylic acids is 1. The number of benzene rings is 2. The average molecular weight is 660 g/mol. The van der Waals surface area contributed by atoms with Crippen LogP contribution in [0.4, 0.5) is 14.5 Å². The molecule has 2 N–H and O–H groups in total. The van der Waals surface area contributed by atoms with Crippen LogP contribution in [0.2, 0.25) is 0 Å². The molecule has 3 aromatic rings. The van der Waals surface area contributed by atoms with Crippen molar-refractivity contribution in [3.8, 4) is 11.1 Å². The van der Waals surface area contributed by atoms with Crippen molar-refractivity contribution < 1.29 is 37.7 Å². The van der Waals surface area contributed by atoms with Crippen LogP contribution in [0.15, 0.2) is 58.8 Å². The first kappa shape index (κ1) is 31.9. The first-order valence-electron chi connectivity index (χ1n) is 13.5. The normalized spacial score (nSPS) is 17.3. The molecule has 1 aromatic heterocycles. The summed E-state index contributed by atoms with van der Waals surface area (Å²) in [6.07, 6.45) is 0.602. The average Bonchev–Trinajstić information content (AvgIpc) is 3.58. The second kappa shape index (κ2) is 14.5. The number of nitrogens with zero attached hydrogens (tertiary/aromatic N) is 2. The fourth-order valence-corrected chi connectivity index (χ4v) is 6.68. The van der Waals surface area contributed by atoms with Crippen LogP contribution in [-0.4, -0.2) is 89.1 Å². The molecule has 14 heteroatoms. The number of halogens is 2. The maximum Gasteiger partial charge on any atom is 0.335 e. The number of rotatable bonds is 11. The molecule has 2 amide bonds. The van der Waals surface area contributed by atoms with Crippen LogP contribution >= 0.6 is 35.3 Å².